The van der Waals surface area contributed by atoms with Crippen molar-refractivity contribution in [2.45, 2.75) is 50.7 Å². The van der Waals surface area contributed by atoms with Gasteiger partial charge in [-0.2, -0.15) is 18.2 Å². The van der Waals surface area contributed by atoms with Crippen LogP contribution in [0.1, 0.15) is 38.0 Å². The molecular weight excluding hydrogens is 355 g/mol. The van der Waals surface area contributed by atoms with Gasteiger partial charge in [-0.15, -0.1) is 11.3 Å². The van der Waals surface area contributed by atoms with Gasteiger partial charge in [-0.1, -0.05) is 17.6 Å². The summed E-state index contributed by atoms with van der Waals surface area (Å²) in [6, 6.07) is 3.32. The highest BCUT2D eigenvalue weighted by molar-refractivity contribution is 7.13. The average molecular weight is 373 g/mol. The van der Waals surface area contributed by atoms with E-state index < -0.39 is 18.1 Å². The first-order valence-electron chi connectivity index (χ1n) is 8.14. The molecule has 9 heteroatoms. The lowest BCUT2D eigenvalue weighted by atomic mass is 9.85. The summed E-state index contributed by atoms with van der Waals surface area (Å²) < 4.78 is 43.5. The van der Waals surface area contributed by atoms with E-state index in [4.69, 9.17) is 4.52 Å². The van der Waals surface area contributed by atoms with E-state index in [1.165, 1.54) is 11.3 Å². The molecule has 0 aliphatic heterocycles. The number of thiophene rings is 1. The zero-order valence-electron chi connectivity index (χ0n) is 13.4. The van der Waals surface area contributed by atoms with Crippen molar-refractivity contribution in [2.24, 2.45) is 5.92 Å². The third-order valence-electron chi connectivity index (χ3n) is 4.28. The maximum Gasteiger partial charge on any atom is 0.391 e. The fourth-order valence-electron chi connectivity index (χ4n) is 3.00. The number of rotatable bonds is 5. The van der Waals surface area contributed by atoms with Gasteiger partial charge < -0.3 is 9.84 Å². The van der Waals surface area contributed by atoms with Crippen molar-refractivity contribution >= 4 is 17.2 Å². The second kappa shape index (κ2) is 7.55. The minimum absolute atomic E-state index is 0.0433. The minimum atomic E-state index is -4.19. The number of amides is 1. The molecule has 0 radical (unpaired) electrons. The number of alkyl halides is 3. The van der Waals surface area contributed by atoms with Crippen LogP contribution in [0.25, 0.3) is 10.7 Å². The topological polar surface area (TPSA) is 68.0 Å². The number of carbonyl (C=O) groups is 1. The average Bonchev–Trinajstić information content (AvgIpc) is 3.24. The van der Waals surface area contributed by atoms with Crippen molar-refractivity contribution in [1.29, 1.82) is 0 Å². The molecular formula is C16H18F3N3O2S. The second-order valence-corrected chi connectivity index (χ2v) is 7.11. The molecule has 0 spiro atoms. The predicted octanol–water partition coefficient (Wildman–Crippen LogP) is 3.97. The molecule has 0 saturated heterocycles. The van der Waals surface area contributed by atoms with Crippen LogP contribution in [0.5, 0.6) is 0 Å². The van der Waals surface area contributed by atoms with Gasteiger partial charge in [-0.05, 0) is 30.7 Å². The SMILES string of the molecule is O=C(CCc1nc(-c2cccs2)no1)N[C@H]1CCC[C@@H](C(F)(F)F)C1. The van der Waals surface area contributed by atoms with Gasteiger partial charge in [0.05, 0.1) is 10.8 Å². The maximum atomic E-state index is 12.8. The molecule has 1 N–H and O–H groups in total. The normalized spacial score (nSPS) is 21.2. The number of aromatic nitrogens is 2. The van der Waals surface area contributed by atoms with Crippen molar-refractivity contribution in [1.82, 2.24) is 15.5 Å². The van der Waals surface area contributed by atoms with Crippen molar-refractivity contribution in [3.8, 4) is 10.7 Å². The fraction of sp³-hybridized carbons (Fsp3) is 0.562. The smallest absolute Gasteiger partial charge is 0.353 e. The number of carbonyl (C=O) groups excluding carboxylic acids is 1. The molecule has 5 nitrogen and oxygen atoms in total. The number of nitrogens with one attached hydrogen (secondary N) is 1. The Labute approximate surface area is 146 Å². The Hall–Kier alpha value is -1.90. The largest absolute Gasteiger partial charge is 0.391 e. The van der Waals surface area contributed by atoms with Crippen LogP contribution in [-0.4, -0.2) is 28.3 Å². The first-order chi connectivity index (χ1) is 11.9. The lowest BCUT2D eigenvalue weighted by molar-refractivity contribution is -0.184. The van der Waals surface area contributed by atoms with Crippen molar-refractivity contribution in [3.63, 3.8) is 0 Å². The predicted molar refractivity (Wildman–Crippen MR) is 85.9 cm³/mol. The summed E-state index contributed by atoms with van der Waals surface area (Å²) in [6.45, 7) is 0. The zero-order chi connectivity index (χ0) is 17.9. The van der Waals surface area contributed by atoms with E-state index in [-0.39, 0.29) is 31.6 Å². The van der Waals surface area contributed by atoms with Crippen LogP contribution in [0, 0.1) is 5.92 Å². The zero-order valence-corrected chi connectivity index (χ0v) is 14.2. The summed E-state index contributed by atoms with van der Waals surface area (Å²) in [6.07, 6.45) is -2.66. The van der Waals surface area contributed by atoms with Gasteiger partial charge in [0, 0.05) is 18.9 Å². The first kappa shape index (κ1) is 17.9. The Balaban J connectivity index is 1.47. The Bertz CT molecular complexity index is 700. The van der Waals surface area contributed by atoms with Gasteiger partial charge in [-0.25, -0.2) is 0 Å². The van der Waals surface area contributed by atoms with Gasteiger partial charge in [0.25, 0.3) is 0 Å². The maximum absolute atomic E-state index is 12.8. The number of hydrogen-bond donors (Lipinski definition) is 1. The standard InChI is InChI=1S/C16H18F3N3O2S/c17-16(18,19)10-3-1-4-11(9-10)20-13(23)6-7-14-21-15(22-24-14)12-5-2-8-25-12/h2,5,8,10-11H,1,3-4,6-7,9H2,(H,20,23)/t10-,11+/m1/s1. The van der Waals surface area contributed by atoms with Crippen LogP contribution in [0.4, 0.5) is 13.2 Å². The molecule has 2 atom stereocenters. The van der Waals surface area contributed by atoms with E-state index in [1.54, 1.807) is 0 Å². The summed E-state index contributed by atoms with van der Waals surface area (Å²) in [7, 11) is 0. The van der Waals surface area contributed by atoms with E-state index in [0.717, 1.165) is 4.88 Å². The highest BCUT2D eigenvalue weighted by atomic mass is 32.1. The highest BCUT2D eigenvalue weighted by Crippen LogP contribution is 2.37. The molecule has 1 saturated carbocycles. The van der Waals surface area contributed by atoms with Crippen LogP contribution < -0.4 is 5.32 Å². The summed E-state index contributed by atoms with van der Waals surface area (Å²) in [5.74, 6) is -0.791. The van der Waals surface area contributed by atoms with Crippen LogP contribution >= 0.6 is 11.3 Å². The monoisotopic (exact) mass is 373 g/mol. The van der Waals surface area contributed by atoms with Gasteiger partial charge in [0.2, 0.25) is 17.6 Å². The van der Waals surface area contributed by atoms with Crippen molar-refractivity contribution in [2.75, 3.05) is 0 Å². The number of hydrogen-bond acceptors (Lipinski definition) is 5. The van der Waals surface area contributed by atoms with E-state index in [2.05, 4.69) is 15.5 Å². The Morgan fingerprint density at radius 1 is 1.40 bits per heavy atom. The molecule has 1 aliphatic rings. The van der Waals surface area contributed by atoms with Crippen molar-refractivity contribution < 1.29 is 22.5 Å². The molecule has 3 rings (SSSR count). The van der Waals surface area contributed by atoms with E-state index >= 15 is 0 Å². The van der Waals surface area contributed by atoms with Crippen LogP contribution in [0.15, 0.2) is 22.0 Å². The molecule has 136 valence electrons. The van der Waals surface area contributed by atoms with Gasteiger partial charge >= 0.3 is 6.18 Å². The van der Waals surface area contributed by atoms with Crippen molar-refractivity contribution in [3.05, 3.63) is 23.4 Å². The van der Waals surface area contributed by atoms with Crippen LogP contribution in [0.2, 0.25) is 0 Å². The fourth-order valence-corrected chi connectivity index (χ4v) is 3.65. The lowest BCUT2D eigenvalue weighted by Gasteiger charge is -2.31. The molecule has 0 unspecified atom stereocenters. The lowest BCUT2D eigenvalue weighted by Crippen LogP contribution is -2.41. The van der Waals surface area contributed by atoms with E-state index in [1.807, 2.05) is 17.5 Å². The molecule has 1 amide bonds. The summed E-state index contributed by atoms with van der Waals surface area (Å²) in [4.78, 5) is 17.1. The molecule has 25 heavy (non-hydrogen) atoms. The second-order valence-electron chi connectivity index (χ2n) is 6.16. The molecule has 0 aromatic carbocycles. The number of aryl methyl sites for hydroxylation is 1. The minimum Gasteiger partial charge on any atom is -0.353 e. The van der Waals surface area contributed by atoms with E-state index in [0.29, 0.717) is 24.6 Å². The van der Waals surface area contributed by atoms with E-state index in [9.17, 15) is 18.0 Å². The molecule has 2 aromatic heterocycles. The number of nitrogens with zero attached hydrogens (tertiary/aromatic N) is 2. The molecule has 1 fully saturated rings. The number of halogens is 3. The van der Waals surface area contributed by atoms with Gasteiger partial charge in [0.15, 0.2) is 0 Å². The van der Waals surface area contributed by atoms with Crippen LogP contribution in [0.3, 0.4) is 0 Å². The third-order valence-corrected chi connectivity index (χ3v) is 5.14. The van der Waals surface area contributed by atoms with Gasteiger partial charge in [-0.3, -0.25) is 4.79 Å². The third kappa shape index (κ3) is 4.81. The van der Waals surface area contributed by atoms with Gasteiger partial charge in [0.1, 0.15) is 0 Å². The highest BCUT2D eigenvalue weighted by Gasteiger charge is 2.42. The summed E-state index contributed by atoms with van der Waals surface area (Å²) in [5.41, 5.74) is 0. The molecule has 0 bridgehead atoms. The molecule has 2 aromatic rings. The molecule has 2 heterocycles. The quantitative estimate of drug-likeness (QED) is 0.861. The first-order valence-corrected chi connectivity index (χ1v) is 9.02. The summed E-state index contributed by atoms with van der Waals surface area (Å²) >= 11 is 1.48. The van der Waals surface area contributed by atoms with Crippen LogP contribution in [-0.2, 0) is 11.2 Å². The molecule has 1 aliphatic carbocycles. The Morgan fingerprint density at radius 2 is 2.24 bits per heavy atom. The Morgan fingerprint density at radius 3 is 2.96 bits per heavy atom. The summed E-state index contributed by atoms with van der Waals surface area (Å²) in [5, 5.41) is 8.46. The Kier molecular flexibility index (Phi) is 5.41.